The van der Waals surface area contributed by atoms with Crippen LogP contribution in [0.3, 0.4) is 0 Å². The molecule has 1 atom stereocenters. The van der Waals surface area contributed by atoms with Crippen LogP contribution in [0.2, 0.25) is 0 Å². The van der Waals surface area contributed by atoms with Gasteiger partial charge in [0, 0.05) is 11.8 Å². The fraction of sp³-hybridized carbons (Fsp3) is 0.353. The van der Waals surface area contributed by atoms with Gasteiger partial charge in [0.2, 0.25) is 0 Å². The van der Waals surface area contributed by atoms with Crippen LogP contribution in [0.1, 0.15) is 30.5 Å². The summed E-state index contributed by atoms with van der Waals surface area (Å²) in [6, 6.07) is 10.2. The summed E-state index contributed by atoms with van der Waals surface area (Å²) in [7, 11) is 3.60. The van der Waals surface area contributed by atoms with Gasteiger partial charge in [-0.15, -0.1) is 0 Å². The van der Waals surface area contributed by atoms with E-state index in [0.29, 0.717) is 0 Å². The van der Waals surface area contributed by atoms with Crippen molar-refractivity contribution in [3.8, 4) is 11.5 Å². The van der Waals surface area contributed by atoms with Crippen molar-refractivity contribution in [1.82, 2.24) is 10.3 Å². The highest BCUT2D eigenvalue weighted by Gasteiger charge is 2.16. The van der Waals surface area contributed by atoms with Gasteiger partial charge in [0.15, 0.2) is 0 Å². The summed E-state index contributed by atoms with van der Waals surface area (Å²) in [5.41, 5.74) is 2.23. The summed E-state index contributed by atoms with van der Waals surface area (Å²) in [6.45, 7) is 2.84. The SMILES string of the molecule is CCCOc1ccc(C(NC)c2ccncc2OC)cc1. The molecule has 1 aromatic carbocycles. The summed E-state index contributed by atoms with van der Waals surface area (Å²) in [5.74, 6) is 1.68. The Morgan fingerprint density at radius 1 is 1.19 bits per heavy atom. The molecule has 112 valence electrons. The smallest absolute Gasteiger partial charge is 0.142 e. The standard InChI is InChI=1S/C17H22N2O2/c1-4-11-21-14-7-5-13(6-8-14)17(18-2)15-9-10-19-12-16(15)20-3/h5-10,12,17-18H,4,11H2,1-3H3. The monoisotopic (exact) mass is 286 g/mol. The zero-order valence-electron chi connectivity index (χ0n) is 12.8. The van der Waals surface area contributed by atoms with E-state index in [-0.39, 0.29) is 6.04 Å². The lowest BCUT2D eigenvalue weighted by molar-refractivity contribution is 0.317. The van der Waals surface area contributed by atoms with Gasteiger partial charge < -0.3 is 14.8 Å². The van der Waals surface area contributed by atoms with Gasteiger partial charge in [0.1, 0.15) is 11.5 Å². The predicted octanol–water partition coefficient (Wildman–Crippen LogP) is 3.19. The van der Waals surface area contributed by atoms with Gasteiger partial charge in [-0.25, -0.2) is 0 Å². The number of hydrogen-bond donors (Lipinski definition) is 1. The number of rotatable bonds is 7. The molecule has 0 fully saturated rings. The van der Waals surface area contributed by atoms with Crippen molar-refractivity contribution < 1.29 is 9.47 Å². The van der Waals surface area contributed by atoms with E-state index in [4.69, 9.17) is 9.47 Å². The molecule has 4 heteroatoms. The first-order valence-electron chi connectivity index (χ1n) is 7.18. The highest BCUT2D eigenvalue weighted by molar-refractivity contribution is 5.41. The van der Waals surface area contributed by atoms with Gasteiger partial charge in [-0.2, -0.15) is 0 Å². The first-order chi connectivity index (χ1) is 10.3. The molecular formula is C17H22N2O2. The highest BCUT2D eigenvalue weighted by Crippen LogP contribution is 2.29. The normalized spacial score (nSPS) is 12.0. The molecule has 0 spiro atoms. The molecule has 4 nitrogen and oxygen atoms in total. The quantitative estimate of drug-likeness (QED) is 0.849. The third-order valence-corrected chi connectivity index (χ3v) is 3.32. The lowest BCUT2D eigenvalue weighted by atomic mass is 9.99. The first-order valence-corrected chi connectivity index (χ1v) is 7.18. The van der Waals surface area contributed by atoms with Crippen LogP contribution in [0.25, 0.3) is 0 Å². The van der Waals surface area contributed by atoms with Gasteiger partial charge in [-0.3, -0.25) is 4.98 Å². The second-order valence-electron chi connectivity index (χ2n) is 4.76. The average Bonchev–Trinajstić information content (AvgIpc) is 2.55. The Morgan fingerprint density at radius 3 is 2.57 bits per heavy atom. The summed E-state index contributed by atoms with van der Waals surface area (Å²) < 4.78 is 11.0. The van der Waals surface area contributed by atoms with Crippen LogP contribution in [-0.4, -0.2) is 25.7 Å². The molecule has 0 saturated heterocycles. The van der Waals surface area contributed by atoms with Crippen LogP contribution in [-0.2, 0) is 0 Å². The van der Waals surface area contributed by atoms with E-state index in [0.717, 1.165) is 35.7 Å². The van der Waals surface area contributed by atoms with Crippen LogP contribution in [0.15, 0.2) is 42.7 Å². The molecule has 1 N–H and O–H groups in total. The molecule has 0 radical (unpaired) electrons. The highest BCUT2D eigenvalue weighted by atomic mass is 16.5. The van der Waals surface area contributed by atoms with Crippen molar-refractivity contribution in [3.05, 3.63) is 53.9 Å². The van der Waals surface area contributed by atoms with E-state index in [2.05, 4.69) is 29.4 Å². The van der Waals surface area contributed by atoms with Gasteiger partial charge in [0.05, 0.1) is 26.0 Å². The molecular weight excluding hydrogens is 264 g/mol. The fourth-order valence-electron chi connectivity index (χ4n) is 2.28. The lowest BCUT2D eigenvalue weighted by Crippen LogP contribution is -2.18. The number of nitrogens with zero attached hydrogens (tertiary/aromatic N) is 1. The molecule has 0 saturated carbocycles. The number of hydrogen-bond acceptors (Lipinski definition) is 4. The summed E-state index contributed by atoms with van der Waals surface area (Å²) in [5, 5.41) is 3.32. The van der Waals surface area contributed by atoms with Gasteiger partial charge in [-0.05, 0) is 37.2 Å². The molecule has 1 aromatic heterocycles. The van der Waals surface area contributed by atoms with Crippen molar-refractivity contribution in [2.45, 2.75) is 19.4 Å². The molecule has 21 heavy (non-hydrogen) atoms. The molecule has 0 aliphatic heterocycles. The second-order valence-corrected chi connectivity index (χ2v) is 4.76. The fourth-order valence-corrected chi connectivity index (χ4v) is 2.28. The van der Waals surface area contributed by atoms with Crippen LogP contribution < -0.4 is 14.8 Å². The van der Waals surface area contributed by atoms with Crippen molar-refractivity contribution in [2.24, 2.45) is 0 Å². The van der Waals surface area contributed by atoms with Crippen molar-refractivity contribution in [1.29, 1.82) is 0 Å². The summed E-state index contributed by atoms with van der Waals surface area (Å²) in [6.07, 6.45) is 4.52. The van der Waals surface area contributed by atoms with Crippen LogP contribution in [0, 0.1) is 0 Å². The van der Waals surface area contributed by atoms with Gasteiger partial charge in [-0.1, -0.05) is 19.1 Å². The summed E-state index contributed by atoms with van der Waals surface area (Å²) in [4.78, 5) is 4.10. The number of methoxy groups -OCH3 is 1. The third kappa shape index (κ3) is 3.73. The molecule has 0 bridgehead atoms. The van der Waals surface area contributed by atoms with Crippen molar-refractivity contribution in [3.63, 3.8) is 0 Å². The molecule has 1 unspecified atom stereocenters. The van der Waals surface area contributed by atoms with Crippen LogP contribution in [0.5, 0.6) is 11.5 Å². The Hall–Kier alpha value is -2.07. The molecule has 2 aromatic rings. The Kier molecular flexibility index (Phi) is 5.58. The Morgan fingerprint density at radius 2 is 1.95 bits per heavy atom. The lowest BCUT2D eigenvalue weighted by Gasteiger charge is -2.19. The molecule has 0 aliphatic rings. The topological polar surface area (TPSA) is 43.4 Å². The van der Waals surface area contributed by atoms with E-state index < -0.39 is 0 Å². The minimum atomic E-state index is 0.0585. The second kappa shape index (κ2) is 7.64. The van der Waals surface area contributed by atoms with Gasteiger partial charge in [0.25, 0.3) is 0 Å². The largest absolute Gasteiger partial charge is 0.495 e. The maximum absolute atomic E-state index is 5.62. The molecule has 1 heterocycles. The van der Waals surface area contributed by atoms with Crippen LogP contribution >= 0.6 is 0 Å². The third-order valence-electron chi connectivity index (χ3n) is 3.32. The first kappa shape index (κ1) is 15.3. The zero-order chi connectivity index (χ0) is 15.1. The number of nitrogens with one attached hydrogen (secondary N) is 1. The minimum absolute atomic E-state index is 0.0585. The maximum atomic E-state index is 5.62. The van der Waals surface area contributed by atoms with E-state index in [1.807, 2.05) is 25.2 Å². The van der Waals surface area contributed by atoms with E-state index in [9.17, 15) is 0 Å². The maximum Gasteiger partial charge on any atom is 0.142 e. The van der Waals surface area contributed by atoms with Crippen molar-refractivity contribution >= 4 is 0 Å². The van der Waals surface area contributed by atoms with Crippen LogP contribution in [0.4, 0.5) is 0 Å². The van der Waals surface area contributed by atoms with Crippen molar-refractivity contribution in [2.75, 3.05) is 20.8 Å². The van der Waals surface area contributed by atoms with E-state index in [1.165, 1.54) is 0 Å². The summed E-state index contributed by atoms with van der Waals surface area (Å²) >= 11 is 0. The zero-order valence-corrected chi connectivity index (χ0v) is 12.8. The van der Waals surface area contributed by atoms with E-state index in [1.54, 1.807) is 19.5 Å². The Bertz CT molecular complexity index is 555. The molecule has 0 aliphatic carbocycles. The Balaban J connectivity index is 2.24. The minimum Gasteiger partial charge on any atom is -0.495 e. The number of pyridine rings is 1. The average molecular weight is 286 g/mol. The molecule has 0 amide bonds. The Labute approximate surface area is 126 Å². The number of ether oxygens (including phenoxy) is 2. The van der Waals surface area contributed by atoms with E-state index >= 15 is 0 Å². The number of aromatic nitrogens is 1. The molecule has 2 rings (SSSR count). The number of benzene rings is 1. The van der Waals surface area contributed by atoms with Gasteiger partial charge >= 0.3 is 0 Å². The predicted molar refractivity (Wildman–Crippen MR) is 83.9 cm³/mol.